The van der Waals surface area contributed by atoms with Crippen LogP contribution in [-0.2, 0) is 11.3 Å². The van der Waals surface area contributed by atoms with Gasteiger partial charge in [-0.3, -0.25) is 4.90 Å². The van der Waals surface area contributed by atoms with Crippen molar-refractivity contribution in [3.05, 3.63) is 29.0 Å². The van der Waals surface area contributed by atoms with Crippen molar-refractivity contribution in [1.82, 2.24) is 9.88 Å². The van der Waals surface area contributed by atoms with Gasteiger partial charge in [-0.15, -0.1) is 11.3 Å². The van der Waals surface area contributed by atoms with E-state index in [4.69, 9.17) is 9.15 Å². The second-order valence-corrected chi connectivity index (χ2v) is 5.84. The van der Waals surface area contributed by atoms with Crippen molar-refractivity contribution in [3.8, 4) is 10.8 Å². The van der Waals surface area contributed by atoms with Gasteiger partial charge in [-0.1, -0.05) is 6.07 Å². The SMILES string of the molecule is Cc1oc(-c2cccs2)nc1CN1CCOC[C@H]1C. The molecule has 0 spiro atoms. The fourth-order valence-electron chi connectivity index (χ4n) is 2.27. The molecular formula is C14H18N2O2S. The van der Waals surface area contributed by atoms with Crippen LogP contribution in [0, 0.1) is 6.92 Å². The molecule has 0 saturated carbocycles. The molecule has 19 heavy (non-hydrogen) atoms. The van der Waals surface area contributed by atoms with Gasteiger partial charge in [0.05, 0.1) is 23.8 Å². The molecule has 2 aromatic rings. The Bertz CT molecular complexity index is 536. The molecule has 0 radical (unpaired) electrons. The van der Waals surface area contributed by atoms with E-state index in [1.165, 1.54) is 0 Å². The van der Waals surface area contributed by atoms with E-state index in [0.717, 1.165) is 48.5 Å². The van der Waals surface area contributed by atoms with Crippen LogP contribution in [0.3, 0.4) is 0 Å². The third-order valence-electron chi connectivity index (χ3n) is 3.48. The van der Waals surface area contributed by atoms with Crippen LogP contribution in [0.25, 0.3) is 10.8 Å². The molecule has 5 heteroatoms. The normalized spacial score (nSPS) is 20.8. The smallest absolute Gasteiger partial charge is 0.236 e. The summed E-state index contributed by atoms with van der Waals surface area (Å²) in [6.45, 7) is 7.58. The van der Waals surface area contributed by atoms with Crippen LogP contribution in [-0.4, -0.2) is 35.7 Å². The lowest BCUT2D eigenvalue weighted by atomic mass is 10.2. The van der Waals surface area contributed by atoms with Crippen LogP contribution >= 0.6 is 11.3 Å². The van der Waals surface area contributed by atoms with Crippen molar-refractivity contribution >= 4 is 11.3 Å². The molecule has 0 amide bonds. The molecule has 1 aliphatic heterocycles. The first-order chi connectivity index (χ1) is 9.24. The highest BCUT2D eigenvalue weighted by Crippen LogP contribution is 2.26. The van der Waals surface area contributed by atoms with Gasteiger partial charge in [-0.05, 0) is 25.3 Å². The molecule has 0 N–H and O–H groups in total. The first-order valence-electron chi connectivity index (χ1n) is 6.56. The molecule has 3 rings (SSSR count). The van der Waals surface area contributed by atoms with E-state index in [1.807, 2.05) is 24.4 Å². The van der Waals surface area contributed by atoms with Crippen LogP contribution in [0.2, 0.25) is 0 Å². The van der Waals surface area contributed by atoms with Crippen molar-refractivity contribution in [1.29, 1.82) is 0 Å². The first kappa shape index (κ1) is 12.8. The Labute approximate surface area is 117 Å². The van der Waals surface area contributed by atoms with Crippen LogP contribution in [0.1, 0.15) is 18.4 Å². The van der Waals surface area contributed by atoms with Gasteiger partial charge in [-0.2, -0.15) is 0 Å². The van der Waals surface area contributed by atoms with Crippen molar-refractivity contribution in [2.45, 2.75) is 26.4 Å². The molecule has 0 unspecified atom stereocenters. The number of hydrogen-bond acceptors (Lipinski definition) is 5. The summed E-state index contributed by atoms with van der Waals surface area (Å²) >= 11 is 1.65. The second kappa shape index (κ2) is 5.45. The van der Waals surface area contributed by atoms with Gasteiger partial charge in [0.1, 0.15) is 5.76 Å². The van der Waals surface area contributed by atoms with Gasteiger partial charge < -0.3 is 9.15 Å². The number of oxazole rings is 1. The number of thiophene rings is 1. The molecule has 1 fully saturated rings. The molecule has 1 aliphatic rings. The number of nitrogens with zero attached hydrogens (tertiary/aromatic N) is 2. The number of ether oxygens (including phenoxy) is 1. The lowest BCUT2D eigenvalue weighted by molar-refractivity contribution is -0.00502. The average molecular weight is 278 g/mol. The van der Waals surface area contributed by atoms with Crippen LogP contribution in [0.15, 0.2) is 21.9 Å². The fourth-order valence-corrected chi connectivity index (χ4v) is 2.92. The number of hydrogen-bond donors (Lipinski definition) is 0. The zero-order valence-electron chi connectivity index (χ0n) is 11.3. The topological polar surface area (TPSA) is 38.5 Å². The van der Waals surface area contributed by atoms with Crippen molar-refractivity contribution in [3.63, 3.8) is 0 Å². The van der Waals surface area contributed by atoms with Crippen LogP contribution in [0.5, 0.6) is 0 Å². The molecule has 0 aromatic carbocycles. The summed E-state index contributed by atoms with van der Waals surface area (Å²) in [5, 5.41) is 2.04. The van der Waals surface area contributed by atoms with E-state index < -0.39 is 0 Å². The molecule has 0 aliphatic carbocycles. The lowest BCUT2D eigenvalue weighted by Crippen LogP contribution is -2.43. The number of rotatable bonds is 3. The predicted octanol–water partition coefficient (Wildman–Crippen LogP) is 2.93. The zero-order valence-corrected chi connectivity index (χ0v) is 12.1. The Morgan fingerprint density at radius 2 is 2.42 bits per heavy atom. The van der Waals surface area contributed by atoms with E-state index in [2.05, 4.69) is 16.8 Å². The minimum atomic E-state index is 0.440. The highest BCUT2D eigenvalue weighted by molar-refractivity contribution is 7.13. The summed E-state index contributed by atoms with van der Waals surface area (Å²) in [5.74, 6) is 1.66. The zero-order chi connectivity index (χ0) is 13.2. The molecule has 2 aromatic heterocycles. The van der Waals surface area contributed by atoms with Gasteiger partial charge in [0.2, 0.25) is 5.89 Å². The molecule has 4 nitrogen and oxygen atoms in total. The molecule has 0 bridgehead atoms. The standard InChI is InChI=1S/C14H18N2O2S/c1-10-9-17-6-5-16(10)8-12-11(2)18-14(15-12)13-4-3-7-19-13/h3-4,7,10H,5-6,8-9H2,1-2H3/t10-/m1/s1. The van der Waals surface area contributed by atoms with Gasteiger partial charge in [0.15, 0.2) is 0 Å². The average Bonchev–Trinajstić information content (AvgIpc) is 3.02. The molecular weight excluding hydrogens is 260 g/mol. The minimum Gasteiger partial charge on any atom is -0.440 e. The monoisotopic (exact) mass is 278 g/mol. The van der Waals surface area contributed by atoms with Gasteiger partial charge in [-0.25, -0.2) is 4.98 Å². The molecule has 1 saturated heterocycles. The van der Waals surface area contributed by atoms with Crippen LogP contribution < -0.4 is 0 Å². The third kappa shape index (κ3) is 2.73. The van der Waals surface area contributed by atoms with Crippen LogP contribution in [0.4, 0.5) is 0 Å². The highest BCUT2D eigenvalue weighted by atomic mass is 32.1. The Morgan fingerprint density at radius 3 is 3.16 bits per heavy atom. The molecule has 102 valence electrons. The summed E-state index contributed by atoms with van der Waals surface area (Å²) in [6.07, 6.45) is 0. The number of aryl methyl sites for hydroxylation is 1. The number of aromatic nitrogens is 1. The maximum atomic E-state index is 5.78. The van der Waals surface area contributed by atoms with E-state index in [1.54, 1.807) is 11.3 Å². The quantitative estimate of drug-likeness (QED) is 0.865. The Hall–Kier alpha value is -1.17. The Morgan fingerprint density at radius 1 is 1.53 bits per heavy atom. The highest BCUT2D eigenvalue weighted by Gasteiger charge is 2.22. The maximum absolute atomic E-state index is 5.78. The third-order valence-corrected chi connectivity index (χ3v) is 4.34. The summed E-state index contributed by atoms with van der Waals surface area (Å²) in [5.41, 5.74) is 1.04. The second-order valence-electron chi connectivity index (χ2n) is 4.89. The predicted molar refractivity (Wildman–Crippen MR) is 75.2 cm³/mol. The van der Waals surface area contributed by atoms with E-state index in [-0.39, 0.29) is 0 Å². The summed E-state index contributed by atoms with van der Waals surface area (Å²) < 4.78 is 11.2. The molecule has 1 atom stereocenters. The molecule has 3 heterocycles. The summed E-state index contributed by atoms with van der Waals surface area (Å²) in [4.78, 5) is 8.12. The number of morpholine rings is 1. The van der Waals surface area contributed by atoms with E-state index in [9.17, 15) is 0 Å². The van der Waals surface area contributed by atoms with E-state index >= 15 is 0 Å². The largest absolute Gasteiger partial charge is 0.440 e. The van der Waals surface area contributed by atoms with Gasteiger partial charge in [0.25, 0.3) is 0 Å². The van der Waals surface area contributed by atoms with Crippen molar-refractivity contribution in [2.75, 3.05) is 19.8 Å². The van der Waals surface area contributed by atoms with Crippen molar-refractivity contribution in [2.24, 2.45) is 0 Å². The Kier molecular flexibility index (Phi) is 3.68. The summed E-state index contributed by atoms with van der Waals surface area (Å²) in [7, 11) is 0. The van der Waals surface area contributed by atoms with Gasteiger partial charge >= 0.3 is 0 Å². The minimum absolute atomic E-state index is 0.440. The van der Waals surface area contributed by atoms with Crippen molar-refractivity contribution < 1.29 is 9.15 Å². The van der Waals surface area contributed by atoms with E-state index in [0.29, 0.717) is 6.04 Å². The summed E-state index contributed by atoms with van der Waals surface area (Å²) in [6, 6.07) is 4.50. The Balaban J connectivity index is 1.78. The lowest BCUT2D eigenvalue weighted by Gasteiger charge is -2.32. The van der Waals surface area contributed by atoms with Gasteiger partial charge in [0, 0.05) is 19.1 Å². The first-order valence-corrected chi connectivity index (χ1v) is 7.44. The maximum Gasteiger partial charge on any atom is 0.236 e. The fraction of sp³-hybridized carbons (Fsp3) is 0.500.